The molecule has 2 atom stereocenters. The second-order valence-corrected chi connectivity index (χ2v) is 9.89. The van der Waals surface area contributed by atoms with Gasteiger partial charge in [0.05, 0.1) is 23.3 Å². The van der Waals surface area contributed by atoms with E-state index in [-0.39, 0.29) is 17.6 Å². The first-order valence-corrected chi connectivity index (χ1v) is 11.8. The Hall–Kier alpha value is -2.15. The van der Waals surface area contributed by atoms with Crippen molar-refractivity contribution in [3.63, 3.8) is 0 Å². The van der Waals surface area contributed by atoms with E-state index in [9.17, 15) is 0 Å². The van der Waals surface area contributed by atoms with Crippen molar-refractivity contribution in [1.29, 1.82) is 0 Å². The van der Waals surface area contributed by atoms with E-state index in [1.165, 1.54) is 11.1 Å². The number of anilines is 1. The third-order valence-electron chi connectivity index (χ3n) is 6.60. The summed E-state index contributed by atoms with van der Waals surface area (Å²) in [4.78, 5) is 9.15. The van der Waals surface area contributed by atoms with Crippen LogP contribution in [0.3, 0.4) is 0 Å². The van der Waals surface area contributed by atoms with Crippen LogP contribution in [0.4, 0.5) is 5.69 Å². The molecule has 1 fully saturated rings. The van der Waals surface area contributed by atoms with E-state index in [1.54, 1.807) is 7.11 Å². The highest BCUT2D eigenvalue weighted by atomic mass is 35.5. The zero-order valence-corrected chi connectivity index (χ0v) is 20.9. The van der Waals surface area contributed by atoms with Crippen LogP contribution >= 0.6 is 23.8 Å². The minimum absolute atomic E-state index is 0.0555. The number of methoxy groups -OCH3 is 1. The number of nitrogens with one attached hydrogen (secondary N) is 1. The van der Waals surface area contributed by atoms with Crippen LogP contribution in [0.25, 0.3) is 5.57 Å². The Kier molecular flexibility index (Phi) is 6.48. The first-order valence-electron chi connectivity index (χ1n) is 11.0. The van der Waals surface area contributed by atoms with Gasteiger partial charge in [-0.2, -0.15) is 0 Å². The quantitative estimate of drug-likeness (QED) is 0.451. The Labute approximate surface area is 201 Å². The molecule has 1 aromatic carbocycles. The summed E-state index contributed by atoms with van der Waals surface area (Å²) in [6.45, 7) is 8.07. The predicted octanol–water partition coefficient (Wildman–Crippen LogP) is 5.38. The SMILES string of the molecule is COCCCN1C(=S)NC(c2ccccn2)C1c1cc2c(cc1Cl)N(C)C(C)(C)C=C2C. The third kappa shape index (κ3) is 4.12. The molecule has 2 aliphatic heterocycles. The number of benzene rings is 1. The van der Waals surface area contributed by atoms with Crippen LogP contribution in [-0.4, -0.2) is 47.8 Å². The smallest absolute Gasteiger partial charge is 0.170 e. The lowest BCUT2D eigenvalue weighted by molar-refractivity contribution is 0.180. The molecule has 3 heterocycles. The van der Waals surface area contributed by atoms with Crippen molar-refractivity contribution in [3.05, 3.63) is 64.4 Å². The number of pyridine rings is 1. The molecule has 2 aliphatic rings. The van der Waals surface area contributed by atoms with Gasteiger partial charge >= 0.3 is 0 Å². The minimum atomic E-state index is -0.0798. The van der Waals surface area contributed by atoms with Crippen LogP contribution in [0.2, 0.25) is 5.02 Å². The number of allylic oxidation sites excluding steroid dienone is 1. The fraction of sp³-hybridized carbons (Fsp3) is 0.440. The molecule has 7 heteroatoms. The lowest BCUT2D eigenvalue weighted by atomic mass is 9.86. The predicted molar refractivity (Wildman–Crippen MR) is 136 cm³/mol. The van der Waals surface area contributed by atoms with Gasteiger partial charge in [0.15, 0.2) is 5.11 Å². The molecule has 1 aromatic heterocycles. The van der Waals surface area contributed by atoms with Gasteiger partial charge in [-0.05, 0) is 74.8 Å². The van der Waals surface area contributed by atoms with E-state index in [4.69, 9.17) is 28.6 Å². The van der Waals surface area contributed by atoms with Gasteiger partial charge in [-0.3, -0.25) is 4.98 Å². The van der Waals surface area contributed by atoms with Crippen molar-refractivity contribution >= 4 is 40.2 Å². The molecule has 4 rings (SSSR count). The van der Waals surface area contributed by atoms with Gasteiger partial charge in [0.25, 0.3) is 0 Å². The van der Waals surface area contributed by atoms with Gasteiger partial charge in [0.2, 0.25) is 0 Å². The summed E-state index contributed by atoms with van der Waals surface area (Å²) < 4.78 is 5.29. The number of likely N-dealkylation sites (N-methyl/N-ethyl adjacent to an activating group) is 1. The maximum atomic E-state index is 6.99. The summed E-state index contributed by atoms with van der Waals surface area (Å²) in [7, 11) is 3.85. The Balaban J connectivity index is 1.82. The summed E-state index contributed by atoms with van der Waals surface area (Å²) in [5.74, 6) is 0. The highest BCUT2D eigenvalue weighted by Crippen LogP contribution is 2.46. The fourth-order valence-corrected chi connectivity index (χ4v) is 5.38. The van der Waals surface area contributed by atoms with E-state index in [2.05, 4.69) is 66.1 Å². The zero-order valence-electron chi connectivity index (χ0n) is 19.4. The number of nitrogens with zero attached hydrogens (tertiary/aromatic N) is 3. The molecule has 32 heavy (non-hydrogen) atoms. The number of fused-ring (bicyclic) bond motifs is 1. The van der Waals surface area contributed by atoms with E-state index in [1.807, 2.05) is 24.4 Å². The van der Waals surface area contributed by atoms with Crippen LogP contribution in [-0.2, 0) is 4.74 Å². The third-order valence-corrected chi connectivity index (χ3v) is 7.28. The summed E-state index contributed by atoms with van der Waals surface area (Å²) in [5.41, 5.74) is 5.56. The second-order valence-electron chi connectivity index (χ2n) is 9.10. The Morgan fingerprint density at radius 3 is 2.75 bits per heavy atom. The van der Waals surface area contributed by atoms with Crippen molar-refractivity contribution in [1.82, 2.24) is 15.2 Å². The second kappa shape index (κ2) is 9.00. The van der Waals surface area contributed by atoms with Gasteiger partial charge in [0.1, 0.15) is 0 Å². The van der Waals surface area contributed by atoms with Crippen LogP contribution in [0.1, 0.15) is 56.1 Å². The Bertz CT molecular complexity index is 1040. The van der Waals surface area contributed by atoms with Crippen molar-refractivity contribution in [3.8, 4) is 0 Å². The topological polar surface area (TPSA) is 40.6 Å². The van der Waals surface area contributed by atoms with Gasteiger partial charge in [-0.25, -0.2) is 0 Å². The molecule has 0 saturated carbocycles. The summed E-state index contributed by atoms with van der Waals surface area (Å²) in [6.07, 6.45) is 5.02. The van der Waals surface area contributed by atoms with Crippen LogP contribution in [0.5, 0.6) is 0 Å². The van der Waals surface area contributed by atoms with E-state index >= 15 is 0 Å². The lowest BCUT2D eigenvalue weighted by Gasteiger charge is -2.41. The number of aromatic nitrogens is 1. The molecule has 2 unspecified atom stereocenters. The first kappa shape index (κ1) is 23.0. The first-order chi connectivity index (χ1) is 15.2. The van der Waals surface area contributed by atoms with Crippen molar-refractivity contribution in [2.24, 2.45) is 0 Å². The molecule has 0 spiro atoms. The molecule has 1 N–H and O–H groups in total. The van der Waals surface area contributed by atoms with Crippen molar-refractivity contribution < 1.29 is 4.74 Å². The van der Waals surface area contributed by atoms with Gasteiger partial charge in [-0.1, -0.05) is 23.7 Å². The van der Waals surface area contributed by atoms with E-state index < -0.39 is 0 Å². The summed E-state index contributed by atoms with van der Waals surface area (Å²) in [6, 6.07) is 10.2. The number of thiocarbonyl (C=S) groups is 1. The van der Waals surface area contributed by atoms with Gasteiger partial charge in [-0.15, -0.1) is 0 Å². The fourth-order valence-electron chi connectivity index (χ4n) is 4.78. The lowest BCUT2D eigenvalue weighted by Crippen LogP contribution is -2.42. The maximum Gasteiger partial charge on any atom is 0.170 e. The Morgan fingerprint density at radius 1 is 1.28 bits per heavy atom. The number of ether oxygens (including phenoxy) is 1. The van der Waals surface area contributed by atoms with Crippen LogP contribution < -0.4 is 10.2 Å². The average molecular weight is 471 g/mol. The van der Waals surface area contributed by atoms with E-state index in [0.717, 1.165) is 40.0 Å². The highest BCUT2D eigenvalue weighted by Gasteiger charge is 2.41. The summed E-state index contributed by atoms with van der Waals surface area (Å²) >= 11 is 12.7. The van der Waals surface area contributed by atoms with E-state index in [0.29, 0.717) is 6.61 Å². The molecule has 1 saturated heterocycles. The number of halogens is 1. The highest BCUT2D eigenvalue weighted by molar-refractivity contribution is 7.80. The molecule has 0 radical (unpaired) electrons. The molecule has 5 nitrogen and oxygen atoms in total. The van der Waals surface area contributed by atoms with Crippen LogP contribution in [0, 0.1) is 0 Å². The van der Waals surface area contributed by atoms with Gasteiger partial charge in [0, 0.05) is 49.8 Å². The minimum Gasteiger partial charge on any atom is -0.385 e. The van der Waals surface area contributed by atoms with Crippen molar-refractivity contribution in [2.45, 2.75) is 44.8 Å². The zero-order chi connectivity index (χ0) is 23.0. The number of rotatable bonds is 6. The largest absolute Gasteiger partial charge is 0.385 e. The number of hydrogen-bond acceptors (Lipinski definition) is 4. The number of hydrogen-bond donors (Lipinski definition) is 1. The molecule has 0 amide bonds. The molecule has 2 aromatic rings. The normalized spacial score (nSPS) is 21.9. The van der Waals surface area contributed by atoms with Crippen LogP contribution in [0.15, 0.2) is 42.6 Å². The molecular weight excluding hydrogens is 440 g/mol. The monoisotopic (exact) mass is 470 g/mol. The standard InChI is InChI=1S/C25H31ClN4OS/c1-16-15-25(2,3)29(4)21-14-19(26)18(13-17(16)21)23-22(20-9-6-7-10-27-20)28-24(32)30(23)11-8-12-31-5/h6-7,9-10,13-15,22-23H,8,11-12H2,1-5H3,(H,28,32). The Morgan fingerprint density at radius 2 is 2.06 bits per heavy atom. The van der Waals surface area contributed by atoms with Crippen molar-refractivity contribution in [2.75, 3.05) is 32.2 Å². The average Bonchev–Trinajstić information content (AvgIpc) is 3.08. The summed E-state index contributed by atoms with van der Waals surface area (Å²) in [5, 5.41) is 4.98. The molecule has 0 aliphatic carbocycles. The van der Waals surface area contributed by atoms with Gasteiger partial charge < -0.3 is 19.9 Å². The molecular formula is C25H31ClN4OS. The molecule has 0 bridgehead atoms. The maximum absolute atomic E-state index is 6.99. The molecule has 170 valence electrons.